The molecule has 6 heteroatoms. The molecule has 0 spiro atoms. The number of methoxy groups -OCH3 is 1. The number of allylic oxidation sites excluding steroid dienone is 1. The Hall–Kier alpha value is -3.46. The molecule has 1 aromatic heterocycles. The van der Waals surface area contributed by atoms with Crippen molar-refractivity contribution in [2.75, 3.05) is 43.1 Å². The zero-order valence-electron chi connectivity index (χ0n) is 17.1. The van der Waals surface area contributed by atoms with Gasteiger partial charge in [0.05, 0.1) is 35.1 Å². The predicted octanol–water partition coefficient (Wildman–Crippen LogP) is 4.30. The van der Waals surface area contributed by atoms with Crippen LogP contribution in [-0.2, 0) is 0 Å². The molecule has 3 aromatic rings. The van der Waals surface area contributed by atoms with E-state index in [1.807, 2.05) is 30.3 Å². The van der Waals surface area contributed by atoms with E-state index < -0.39 is 0 Å². The van der Waals surface area contributed by atoms with E-state index in [-0.39, 0.29) is 0 Å². The number of imidazole rings is 1. The highest BCUT2D eigenvalue weighted by molar-refractivity contribution is 5.93. The summed E-state index contributed by atoms with van der Waals surface area (Å²) in [6.45, 7) is 8.21. The number of ether oxygens (including phenoxy) is 1. The standard InChI is InChI=1S/C23H25N5O/c1-4-27-10-11-28(5-2)21-14-22(29-3)16(13-20(21)27)12-17(15-24)23-25-18-8-6-7-9-19(18)26-23/h6-9,12-14H,4-5,10-11H2,1-3H3,(H,25,26)/b17-12-. The highest BCUT2D eigenvalue weighted by Crippen LogP contribution is 2.39. The first-order valence-electron chi connectivity index (χ1n) is 9.97. The average molecular weight is 387 g/mol. The maximum Gasteiger partial charge on any atom is 0.149 e. The SMILES string of the molecule is CCN1CCN(CC)c2cc(OC)c(/C=C(/C#N)c3nc4ccccc4[nH]3)cc21. The van der Waals surface area contributed by atoms with Gasteiger partial charge < -0.3 is 19.5 Å². The largest absolute Gasteiger partial charge is 0.496 e. The first-order valence-corrected chi connectivity index (χ1v) is 9.97. The molecule has 6 nitrogen and oxygen atoms in total. The molecule has 0 unspecified atom stereocenters. The number of para-hydroxylation sites is 2. The van der Waals surface area contributed by atoms with E-state index in [2.05, 4.69) is 51.8 Å². The lowest BCUT2D eigenvalue weighted by atomic mass is 10.0. The van der Waals surface area contributed by atoms with Crippen molar-refractivity contribution in [2.45, 2.75) is 13.8 Å². The van der Waals surface area contributed by atoms with Gasteiger partial charge in [0.25, 0.3) is 0 Å². The number of aromatic amines is 1. The number of fused-ring (bicyclic) bond motifs is 2. The average Bonchev–Trinajstić information content (AvgIpc) is 3.20. The molecule has 0 saturated heterocycles. The van der Waals surface area contributed by atoms with E-state index >= 15 is 0 Å². The zero-order chi connectivity index (χ0) is 20.4. The van der Waals surface area contributed by atoms with Crippen molar-refractivity contribution in [1.82, 2.24) is 9.97 Å². The van der Waals surface area contributed by atoms with E-state index in [1.54, 1.807) is 7.11 Å². The number of aromatic nitrogens is 2. The molecule has 0 fully saturated rings. The Bertz CT molecular complexity index is 1080. The molecule has 29 heavy (non-hydrogen) atoms. The molecule has 0 bridgehead atoms. The summed E-state index contributed by atoms with van der Waals surface area (Å²) in [7, 11) is 1.67. The lowest BCUT2D eigenvalue weighted by Crippen LogP contribution is -2.41. The molecule has 148 valence electrons. The number of hydrogen-bond acceptors (Lipinski definition) is 5. The highest BCUT2D eigenvalue weighted by atomic mass is 16.5. The molecular formula is C23H25N5O. The highest BCUT2D eigenvalue weighted by Gasteiger charge is 2.23. The van der Waals surface area contributed by atoms with Gasteiger partial charge in [-0.05, 0) is 38.1 Å². The summed E-state index contributed by atoms with van der Waals surface area (Å²) in [5.41, 5.74) is 5.46. The number of rotatable bonds is 5. The van der Waals surface area contributed by atoms with E-state index in [4.69, 9.17) is 4.74 Å². The minimum atomic E-state index is 0.477. The number of nitrogens with zero attached hydrogens (tertiary/aromatic N) is 4. The quantitative estimate of drug-likeness (QED) is 0.661. The summed E-state index contributed by atoms with van der Waals surface area (Å²) in [4.78, 5) is 12.5. The Morgan fingerprint density at radius 2 is 1.86 bits per heavy atom. The van der Waals surface area contributed by atoms with Crippen molar-refractivity contribution in [2.24, 2.45) is 0 Å². The summed E-state index contributed by atoms with van der Waals surface area (Å²) >= 11 is 0. The molecule has 1 aliphatic rings. The molecule has 1 N–H and O–H groups in total. The monoisotopic (exact) mass is 387 g/mol. The molecule has 2 heterocycles. The van der Waals surface area contributed by atoms with Crippen molar-refractivity contribution < 1.29 is 4.74 Å². The number of nitriles is 1. The second-order valence-electron chi connectivity index (χ2n) is 7.01. The molecule has 0 atom stereocenters. The molecule has 0 amide bonds. The molecule has 4 rings (SSSR count). The summed E-state index contributed by atoms with van der Waals surface area (Å²) in [5.74, 6) is 1.32. The first-order chi connectivity index (χ1) is 14.2. The number of H-pyrrole nitrogens is 1. The van der Waals surface area contributed by atoms with Crippen molar-refractivity contribution in [3.8, 4) is 11.8 Å². The Morgan fingerprint density at radius 3 is 2.48 bits per heavy atom. The lowest BCUT2D eigenvalue weighted by Gasteiger charge is -2.38. The summed E-state index contributed by atoms with van der Waals surface area (Å²) in [6, 6.07) is 14.3. The number of benzene rings is 2. The Balaban J connectivity index is 1.83. The van der Waals surface area contributed by atoms with Crippen LogP contribution < -0.4 is 14.5 Å². The fourth-order valence-electron chi connectivity index (χ4n) is 3.90. The van der Waals surface area contributed by atoms with E-state index in [9.17, 15) is 5.26 Å². The molecule has 0 radical (unpaired) electrons. The van der Waals surface area contributed by atoms with Crippen LogP contribution in [0.15, 0.2) is 36.4 Å². The Morgan fingerprint density at radius 1 is 1.17 bits per heavy atom. The van der Waals surface area contributed by atoms with Gasteiger partial charge in [0.2, 0.25) is 0 Å². The van der Waals surface area contributed by atoms with Crippen molar-refractivity contribution in [3.05, 3.63) is 47.8 Å². The van der Waals surface area contributed by atoms with Gasteiger partial charge in [0.1, 0.15) is 17.6 Å². The van der Waals surface area contributed by atoms with Gasteiger partial charge in [0, 0.05) is 37.8 Å². The van der Waals surface area contributed by atoms with Crippen LogP contribution in [0.5, 0.6) is 5.75 Å². The van der Waals surface area contributed by atoms with Crippen LogP contribution in [0.2, 0.25) is 0 Å². The summed E-state index contributed by atoms with van der Waals surface area (Å²) in [5, 5.41) is 9.81. The van der Waals surface area contributed by atoms with Crippen LogP contribution in [0, 0.1) is 11.3 Å². The first kappa shape index (κ1) is 18.9. The van der Waals surface area contributed by atoms with Crippen LogP contribution in [0.3, 0.4) is 0 Å². The fraction of sp³-hybridized carbons (Fsp3) is 0.304. The molecule has 0 aliphatic carbocycles. The van der Waals surface area contributed by atoms with Crippen LogP contribution >= 0.6 is 0 Å². The van der Waals surface area contributed by atoms with Gasteiger partial charge in [-0.15, -0.1) is 0 Å². The summed E-state index contributed by atoms with van der Waals surface area (Å²) in [6.07, 6.45) is 1.86. The van der Waals surface area contributed by atoms with Gasteiger partial charge in [-0.1, -0.05) is 12.1 Å². The number of nitrogens with one attached hydrogen (secondary N) is 1. The van der Waals surface area contributed by atoms with Gasteiger partial charge in [-0.25, -0.2) is 4.98 Å². The van der Waals surface area contributed by atoms with Crippen molar-refractivity contribution >= 4 is 34.1 Å². The predicted molar refractivity (Wildman–Crippen MR) is 118 cm³/mol. The fourth-order valence-corrected chi connectivity index (χ4v) is 3.90. The third-order valence-electron chi connectivity index (χ3n) is 5.48. The maximum absolute atomic E-state index is 9.81. The second-order valence-corrected chi connectivity index (χ2v) is 7.01. The normalized spacial score (nSPS) is 14.1. The van der Waals surface area contributed by atoms with Crippen molar-refractivity contribution in [3.63, 3.8) is 0 Å². The minimum Gasteiger partial charge on any atom is -0.496 e. The van der Waals surface area contributed by atoms with E-state index in [1.165, 1.54) is 11.4 Å². The molecular weight excluding hydrogens is 362 g/mol. The van der Waals surface area contributed by atoms with Gasteiger partial charge in [-0.2, -0.15) is 5.26 Å². The van der Waals surface area contributed by atoms with Gasteiger partial charge in [0.15, 0.2) is 0 Å². The van der Waals surface area contributed by atoms with Crippen molar-refractivity contribution in [1.29, 1.82) is 5.26 Å². The maximum atomic E-state index is 9.81. The molecule has 2 aromatic carbocycles. The van der Waals surface area contributed by atoms with Gasteiger partial charge >= 0.3 is 0 Å². The van der Waals surface area contributed by atoms with Crippen LogP contribution in [0.4, 0.5) is 11.4 Å². The third-order valence-corrected chi connectivity index (χ3v) is 5.48. The number of anilines is 2. The topological polar surface area (TPSA) is 68.2 Å². The van der Waals surface area contributed by atoms with E-state index in [0.29, 0.717) is 11.4 Å². The van der Waals surface area contributed by atoms with E-state index in [0.717, 1.165) is 48.5 Å². The lowest BCUT2D eigenvalue weighted by molar-refractivity contribution is 0.413. The summed E-state index contributed by atoms with van der Waals surface area (Å²) < 4.78 is 5.68. The minimum absolute atomic E-state index is 0.477. The molecule has 0 saturated carbocycles. The van der Waals surface area contributed by atoms with Gasteiger partial charge in [-0.3, -0.25) is 0 Å². The van der Waals surface area contributed by atoms with Crippen LogP contribution in [-0.4, -0.2) is 43.3 Å². The van der Waals surface area contributed by atoms with Crippen LogP contribution in [0.25, 0.3) is 22.7 Å². The number of hydrogen-bond donors (Lipinski definition) is 1. The Labute approximate surface area is 171 Å². The smallest absolute Gasteiger partial charge is 0.149 e. The molecule has 1 aliphatic heterocycles. The second kappa shape index (κ2) is 7.88. The zero-order valence-corrected chi connectivity index (χ0v) is 17.1. The Kier molecular flexibility index (Phi) is 5.13. The van der Waals surface area contributed by atoms with Crippen LogP contribution in [0.1, 0.15) is 25.2 Å². The number of likely N-dealkylation sites (N-methyl/N-ethyl adjacent to an activating group) is 2. The third kappa shape index (κ3) is 3.40.